The predicted octanol–water partition coefficient (Wildman–Crippen LogP) is 1.46. The number of hydrogen-bond donors (Lipinski definition) is 0. The van der Waals surface area contributed by atoms with Gasteiger partial charge in [-0.1, -0.05) is 6.92 Å². The Morgan fingerprint density at radius 1 is 1.46 bits per heavy atom. The van der Waals surface area contributed by atoms with Crippen molar-refractivity contribution in [2.24, 2.45) is 4.99 Å². The Kier molecular flexibility index (Phi) is 5.43. The van der Waals surface area contributed by atoms with Crippen LogP contribution in [0.4, 0.5) is 0 Å². The Balaban J connectivity index is 4.40. The van der Waals surface area contributed by atoms with E-state index in [0.29, 0.717) is 12.0 Å². The maximum Gasteiger partial charge on any atom is 0.343 e. The van der Waals surface area contributed by atoms with E-state index in [0.717, 1.165) is 0 Å². The van der Waals surface area contributed by atoms with Crippen LogP contribution in [0.25, 0.3) is 0 Å². The summed E-state index contributed by atoms with van der Waals surface area (Å²) < 4.78 is 4.38. The normalized spacial score (nSPS) is 11.8. The van der Waals surface area contributed by atoms with Gasteiger partial charge in [0.05, 0.1) is 5.57 Å². The van der Waals surface area contributed by atoms with Crippen molar-refractivity contribution in [1.29, 1.82) is 0 Å². The zero-order valence-corrected chi connectivity index (χ0v) is 8.03. The summed E-state index contributed by atoms with van der Waals surface area (Å²) in [5.74, 6) is -1.23. The molecule has 0 fully saturated rings. The standard InChI is InChI=1S/C9H13NO3/c1-4-8(6-10-5-2)9(12)13-7(3)11/h5-6H,4H2,1-3H3. The maximum atomic E-state index is 11.1. The van der Waals surface area contributed by atoms with Gasteiger partial charge in [-0.2, -0.15) is 0 Å². The Morgan fingerprint density at radius 2 is 2.08 bits per heavy atom. The minimum absolute atomic E-state index is 0.383. The van der Waals surface area contributed by atoms with Crippen molar-refractivity contribution in [1.82, 2.24) is 0 Å². The first kappa shape index (κ1) is 11.6. The van der Waals surface area contributed by atoms with Crippen LogP contribution in [0.2, 0.25) is 0 Å². The average molecular weight is 183 g/mol. The van der Waals surface area contributed by atoms with Crippen LogP contribution < -0.4 is 0 Å². The summed E-state index contributed by atoms with van der Waals surface area (Å²) >= 11 is 0. The molecule has 0 atom stereocenters. The van der Waals surface area contributed by atoms with Gasteiger partial charge in [-0.25, -0.2) is 4.79 Å². The number of carbonyl (C=O) groups excluding carboxylic acids is 2. The van der Waals surface area contributed by atoms with Crippen molar-refractivity contribution in [2.45, 2.75) is 27.2 Å². The van der Waals surface area contributed by atoms with Gasteiger partial charge in [0.1, 0.15) is 0 Å². The van der Waals surface area contributed by atoms with Crippen molar-refractivity contribution >= 4 is 18.2 Å². The Bertz CT molecular complexity index is 254. The summed E-state index contributed by atoms with van der Waals surface area (Å²) in [6.07, 6.45) is 3.44. The molecule has 0 aliphatic rings. The zero-order chi connectivity index (χ0) is 10.3. The van der Waals surface area contributed by atoms with Crippen LogP contribution in [0.15, 0.2) is 16.8 Å². The molecule has 0 saturated heterocycles. The van der Waals surface area contributed by atoms with Crippen molar-refractivity contribution < 1.29 is 14.3 Å². The Hall–Kier alpha value is -1.45. The lowest BCUT2D eigenvalue weighted by Crippen LogP contribution is -2.11. The van der Waals surface area contributed by atoms with Gasteiger partial charge < -0.3 is 4.74 Å². The number of rotatable bonds is 3. The molecule has 0 aliphatic heterocycles. The van der Waals surface area contributed by atoms with E-state index in [-0.39, 0.29) is 0 Å². The number of esters is 2. The molecule has 0 amide bonds. The third-order valence-corrected chi connectivity index (χ3v) is 1.26. The molecule has 0 radical (unpaired) electrons. The summed E-state index contributed by atoms with van der Waals surface area (Å²) in [5.41, 5.74) is 0.383. The summed E-state index contributed by atoms with van der Waals surface area (Å²) in [6.45, 7) is 4.72. The Morgan fingerprint density at radius 3 is 2.46 bits per heavy atom. The first-order valence-corrected chi connectivity index (χ1v) is 4.01. The summed E-state index contributed by atoms with van der Waals surface area (Å²) in [7, 11) is 0. The van der Waals surface area contributed by atoms with Crippen LogP contribution in [0, 0.1) is 0 Å². The van der Waals surface area contributed by atoms with Crippen LogP contribution >= 0.6 is 0 Å². The number of hydrogen-bond acceptors (Lipinski definition) is 4. The Labute approximate surface area is 77.3 Å². The van der Waals surface area contributed by atoms with Gasteiger partial charge in [-0.15, -0.1) is 0 Å². The molecule has 0 aliphatic carbocycles. The molecule has 0 bridgehead atoms. The first-order chi connectivity index (χ1) is 6.11. The molecule has 0 aromatic carbocycles. The highest BCUT2D eigenvalue weighted by atomic mass is 16.6. The van der Waals surface area contributed by atoms with Gasteiger partial charge in [0.25, 0.3) is 0 Å². The van der Waals surface area contributed by atoms with E-state index in [9.17, 15) is 9.59 Å². The van der Waals surface area contributed by atoms with E-state index >= 15 is 0 Å². The molecule has 13 heavy (non-hydrogen) atoms. The highest BCUT2D eigenvalue weighted by Crippen LogP contribution is 2.03. The molecule has 72 valence electrons. The van der Waals surface area contributed by atoms with Crippen LogP contribution in [0.3, 0.4) is 0 Å². The molecular formula is C9H13NO3. The second-order valence-electron chi connectivity index (χ2n) is 2.30. The predicted molar refractivity (Wildman–Crippen MR) is 49.3 cm³/mol. The third-order valence-electron chi connectivity index (χ3n) is 1.26. The van der Waals surface area contributed by atoms with E-state index in [1.165, 1.54) is 13.1 Å². The average Bonchev–Trinajstić information content (AvgIpc) is 2.04. The van der Waals surface area contributed by atoms with E-state index in [4.69, 9.17) is 0 Å². The monoisotopic (exact) mass is 183 g/mol. The number of nitrogens with zero attached hydrogens (tertiary/aromatic N) is 1. The van der Waals surface area contributed by atoms with Gasteiger partial charge in [0, 0.05) is 19.3 Å². The molecule has 0 aromatic heterocycles. The van der Waals surface area contributed by atoms with Crippen LogP contribution in [0.1, 0.15) is 27.2 Å². The summed E-state index contributed by atoms with van der Waals surface area (Å²) in [5, 5.41) is 0. The van der Waals surface area contributed by atoms with Crippen molar-refractivity contribution in [3.8, 4) is 0 Å². The molecule has 0 N–H and O–H groups in total. The second kappa shape index (κ2) is 6.11. The van der Waals surface area contributed by atoms with Gasteiger partial charge >= 0.3 is 11.9 Å². The minimum Gasteiger partial charge on any atom is -0.390 e. The molecule has 0 unspecified atom stereocenters. The van der Waals surface area contributed by atoms with Crippen molar-refractivity contribution in [3.63, 3.8) is 0 Å². The lowest BCUT2D eigenvalue weighted by atomic mass is 10.2. The second-order valence-corrected chi connectivity index (χ2v) is 2.30. The fourth-order valence-electron chi connectivity index (χ4n) is 0.649. The molecule has 0 rings (SSSR count). The molecular weight excluding hydrogens is 170 g/mol. The van der Waals surface area contributed by atoms with Crippen LogP contribution in [-0.2, 0) is 14.3 Å². The molecule has 4 nitrogen and oxygen atoms in total. The van der Waals surface area contributed by atoms with Gasteiger partial charge in [0.15, 0.2) is 0 Å². The quantitative estimate of drug-likeness (QED) is 0.288. The minimum atomic E-state index is -0.624. The SMILES string of the molecule is CC=NC=C(CC)C(=O)OC(C)=O. The zero-order valence-electron chi connectivity index (χ0n) is 8.03. The van der Waals surface area contributed by atoms with Crippen molar-refractivity contribution in [2.75, 3.05) is 0 Å². The molecule has 0 heterocycles. The smallest absolute Gasteiger partial charge is 0.343 e. The lowest BCUT2D eigenvalue weighted by Gasteiger charge is -2.00. The highest BCUT2D eigenvalue weighted by molar-refractivity contribution is 5.95. The maximum absolute atomic E-state index is 11.1. The van der Waals surface area contributed by atoms with Gasteiger partial charge in [0.2, 0.25) is 0 Å². The third kappa shape index (κ3) is 4.90. The topological polar surface area (TPSA) is 55.7 Å². The fourth-order valence-corrected chi connectivity index (χ4v) is 0.649. The van der Waals surface area contributed by atoms with E-state index in [2.05, 4.69) is 9.73 Å². The van der Waals surface area contributed by atoms with Crippen LogP contribution in [0.5, 0.6) is 0 Å². The lowest BCUT2D eigenvalue weighted by molar-refractivity contribution is -0.155. The summed E-state index contributed by atoms with van der Waals surface area (Å²) in [4.78, 5) is 25.3. The van der Waals surface area contributed by atoms with Crippen LogP contribution in [-0.4, -0.2) is 18.2 Å². The number of aliphatic imine (C=N–C) groups is 1. The summed E-state index contributed by atoms with van der Waals surface area (Å²) in [6, 6.07) is 0. The molecule has 0 spiro atoms. The van der Waals surface area contributed by atoms with Gasteiger partial charge in [-0.3, -0.25) is 9.79 Å². The highest BCUT2D eigenvalue weighted by Gasteiger charge is 2.10. The largest absolute Gasteiger partial charge is 0.390 e. The van der Waals surface area contributed by atoms with Gasteiger partial charge in [-0.05, 0) is 13.3 Å². The van der Waals surface area contributed by atoms with Crippen molar-refractivity contribution in [3.05, 3.63) is 11.8 Å². The molecule has 0 aromatic rings. The molecule has 0 saturated carbocycles. The van der Waals surface area contributed by atoms with E-state index in [1.807, 2.05) is 0 Å². The number of carbonyl (C=O) groups is 2. The number of ether oxygens (including phenoxy) is 1. The molecule has 4 heteroatoms. The fraction of sp³-hybridized carbons (Fsp3) is 0.444. The first-order valence-electron chi connectivity index (χ1n) is 4.01. The van der Waals surface area contributed by atoms with E-state index in [1.54, 1.807) is 20.1 Å². The van der Waals surface area contributed by atoms with E-state index < -0.39 is 11.9 Å².